The van der Waals surface area contributed by atoms with Crippen LogP contribution in [-0.2, 0) is 11.2 Å². The van der Waals surface area contributed by atoms with Gasteiger partial charge in [-0.05, 0) is 61.4 Å². The fourth-order valence-corrected chi connectivity index (χ4v) is 4.93. The number of hydrogen-bond donors (Lipinski definition) is 1. The zero-order valence-corrected chi connectivity index (χ0v) is 18.8. The molecule has 0 aliphatic carbocycles. The van der Waals surface area contributed by atoms with Crippen molar-refractivity contribution < 1.29 is 4.79 Å². The number of amides is 1. The highest BCUT2D eigenvalue weighted by atomic mass is 16.1. The number of primary amides is 1. The van der Waals surface area contributed by atoms with E-state index in [2.05, 4.69) is 64.3 Å². The van der Waals surface area contributed by atoms with E-state index in [0.717, 1.165) is 49.0 Å². The maximum atomic E-state index is 12.8. The summed E-state index contributed by atoms with van der Waals surface area (Å²) in [7, 11) is 0. The first kappa shape index (κ1) is 22.2. The predicted octanol–water partition coefficient (Wildman–Crippen LogP) is 4.45. The van der Waals surface area contributed by atoms with Crippen LogP contribution in [-0.4, -0.2) is 40.4 Å². The molecule has 4 rings (SSSR count). The number of piperidine rings is 1. The van der Waals surface area contributed by atoms with Gasteiger partial charge in [0.1, 0.15) is 6.33 Å². The van der Waals surface area contributed by atoms with Crippen LogP contribution in [0.25, 0.3) is 11.1 Å². The second-order valence-electron chi connectivity index (χ2n) is 9.09. The molecule has 1 amide bonds. The largest absolute Gasteiger partial charge is 0.369 e. The minimum absolute atomic E-state index is 0.197. The Bertz CT molecular complexity index is 1020. The Kier molecular flexibility index (Phi) is 6.96. The van der Waals surface area contributed by atoms with Crippen molar-refractivity contribution in [3.8, 4) is 11.1 Å². The third kappa shape index (κ3) is 5.05. The monoisotopic (exact) mass is 428 g/mol. The summed E-state index contributed by atoms with van der Waals surface area (Å²) in [5.41, 5.74) is 10.0. The molecule has 2 N–H and O–H groups in total. The Balaban J connectivity index is 1.50. The predicted molar refractivity (Wildman–Crippen MR) is 128 cm³/mol. The summed E-state index contributed by atoms with van der Waals surface area (Å²) in [6.45, 7) is 4.98. The molecule has 0 unspecified atom stereocenters. The average Bonchev–Trinajstić information content (AvgIpc) is 2.84. The highest BCUT2D eigenvalue weighted by Crippen LogP contribution is 2.37. The van der Waals surface area contributed by atoms with E-state index >= 15 is 0 Å². The number of likely N-dealkylation sites (tertiary alicyclic amines) is 1. The van der Waals surface area contributed by atoms with Gasteiger partial charge in [0.25, 0.3) is 0 Å². The summed E-state index contributed by atoms with van der Waals surface area (Å²) < 4.78 is 0. The zero-order chi connectivity index (χ0) is 22.4. The van der Waals surface area contributed by atoms with E-state index in [-0.39, 0.29) is 5.91 Å². The Morgan fingerprint density at radius 3 is 2.56 bits per heavy atom. The molecular formula is C27H32N4O. The molecule has 2 aromatic carbocycles. The summed E-state index contributed by atoms with van der Waals surface area (Å²) in [5.74, 6) is 0.289. The molecule has 1 aliphatic heterocycles. The van der Waals surface area contributed by atoms with Crippen molar-refractivity contribution in [2.45, 2.75) is 38.5 Å². The van der Waals surface area contributed by atoms with Crippen molar-refractivity contribution in [3.63, 3.8) is 0 Å². The van der Waals surface area contributed by atoms with Crippen LogP contribution in [0.1, 0.15) is 43.2 Å². The van der Waals surface area contributed by atoms with Crippen molar-refractivity contribution in [1.82, 2.24) is 14.9 Å². The Morgan fingerprint density at radius 1 is 1.09 bits per heavy atom. The smallest absolute Gasteiger partial charge is 0.225 e. The van der Waals surface area contributed by atoms with Crippen molar-refractivity contribution >= 4 is 5.91 Å². The molecule has 5 nitrogen and oxygen atoms in total. The van der Waals surface area contributed by atoms with Gasteiger partial charge in [-0.15, -0.1) is 0 Å². The third-order valence-electron chi connectivity index (χ3n) is 6.84. The van der Waals surface area contributed by atoms with E-state index in [1.54, 1.807) is 0 Å². The van der Waals surface area contributed by atoms with E-state index in [1.807, 2.05) is 24.5 Å². The zero-order valence-electron chi connectivity index (χ0n) is 18.8. The van der Waals surface area contributed by atoms with Crippen molar-refractivity contribution in [3.05, 3.63) is 84.4 Å². The first-order chi connectivity index (χ1) is 15.6. The topological polar surface area (TPSA) is 72.1 Å². The molecule has 5 heteroatoms. The second-order valence-corrected chi connectivity index (χ2v) is 9.09. The summed E-state index contributed by atoms with van der Waals surface area (Å²) in [6, 6.07) is 18.9. The standard InChI is InChI=1S/C27H32N4O/c1-21(22-8-3-2-4-9-22)12-15-31-14-7-13-27(19-31,26(28)32)16-23-10-5-6-11-25(23)24-17-29-20-30-18-24/h2-6,8-11,17-18,20-21H,7,12-16,19H2,1H3,(H2,28,32)/t21-,27+/m0/s1. The van der Waals surface area contributed by atoms with Crippen molar-refractivity contribution in [2.24, 2.45) is 11.1 Å². The number of carbonyl (C=O) groups is 1. The SMILES string of the molecule is C[C@@H](CCN1CCC[C@](Cc2ccccc2-c2cncnc2)(C(N)=O)C1)c1ccccc1. The lowest BCUT2D eigenvalue weighted by molar-refractivity contribution is -0.131. The molecule has 2 heterocycles. The molecule has 1 saturated heterocycles. The first-order valence-electron chi connectivity index (χ1n) is 11.5. The van der Waals surface area contributed by atoms with E-state index in [0.29, 0.717) is 18.9 Å². The molecule has 0 bridgehead atoms. The number of carbonyl (C=O) groups excluding carboxylic acids is 1. The minimum Gasteiger partial charge on any atom is -0.369 e. The molecule has 1 aliphatic rings. The molecule has 0 saturated carbocycles. The van der Waals surface area contributed by atoms with Crippen LogP contribution in [0, 0.1) is 5.41 Å². The van der Waals surface area contributed by atoms with E-state index in [9.17, 15) is 4.79 Å². The maximum absolute atomic E-state index is 12.8. The van der Waals surface area contributed by atoms with Crippen LogP contribution in [0.5, 0.6) is 0 Å². The molecule has 32 heavy (non-hydrogen) atoms. The van der Waals surface area contributed by atoms with Gasteiger partial charge in [-0.2, -0.15) is 0 Å². The van der Waals surface area contributed by atoms with Crippen LogP contribution in [0.2, 0.25) is 0 Å². The number of rotatable bonds is 8. The maximum Gasteiger partial charge on any atom is 0.225 e. The van der Waals surface area contributed by atoms with Crippen LogP contribution in [0.3, 0.4) is 0 Å². The lowest BCUT2D eigenvalue weighted by Crippen LogP contribution is -2.52. The lowest BCUT2D eigenvalue weighted by Gasteiger charge is -2.41. The van der Waals surface area contributed by atoms with Gasteiger partial charge < -0.3 is 10.6 Å². The molecule has 1 fully saturated rings. The van der Waals surface area contributed by atoms with Crippen LogP contribution < -0.4 is 5.73 Å². The molecule has 3 aromatic rings. The van der Waals surface area contributed by atoms with Gasteiger partial charge in [0.15, 0.2) is 0 Å². The third-order valence-corrected chi connectivity index (χ3v) is 6.84. The molecule has 1 aromatic heterocycles. The number of aromatic nitrogens is 2. The summed E-state index contributed by atoms with van der Waals surface area (Å²) >= 11 is 0. The highest BCUT2D eigenvalue weighted by molar-refractivity contribution is 5.82. The molecule has 0 spiro atoms. The van der Waals surface area contributed by atoms with Crippen molar-refractivity contribution in [1.29, 1.82) is 0 Å². The number of benzene rings is 2. The van der Waals surface area contributed by atoms with Gasteiger partial charge in [0.05, 0.1) is 5.41 Å². The number of nitrogens with two attached hydrogens (primary N) is 1. The van der Waals surface area contributed by atoms with Crippen LogP contribution in [0.4, 0.5) is 0 Å². The highest BCUT2D eigenvalue weighted by Gasteiger charge is 2.41. The summed E-state index contributed by atoms with van der Waals surface area (Å²) in [6.07, 6.45) is 8.69. The normalized spacial score (nSPS) is 20.0. The number of hydrogen-bond acceptors (Lipinski definition) is 4. The Morgan fingerprint density at radius 2 is 1.81 bits per heavy atom. The van der Waals surface area contributed by atoms with Gasteiger partial charge in [0, 0.05) is 24.5 Å². The van der Waals surface area contributed by atoms with E-state index in [4.69, 9.17) is 5.73 Å². The second kappa shape index (κ2) is 10.0. The van der Waals surface area contributed by atoms with E-state index in [1.165, 1.54) is 11.9 Å². The fraction of sp³-hybridized carbons (Fsp3) is 0.370. The summed E-state index contributed by atoms with van der Waals surface area (Å²) in [4.78, 5) is 23.6. The van der Waals surface area contributed by atoms with Crippen LogP contribution in [0.15, 0.2) is 73.3 Å². The lowest BCUT2D eigenvalue weighted by atomic mass is 9.73. The van der Waals surface area contributed by atoms with Gasteiger partial charge in [-0.3, -0.25) is 4.79 Å². The van der Waals surface area contributed by atoms with E-state index < -0.39 is 5.41 Å². The Labute approximate surface area is 190 Å². The molecule has 2 atom stereocenters. The van der Waals surface area contributed by atoms with Gasteiger partial charge in [-0.1, -0.05) is 61.5 Å². The fourth-order valence-electron chi connectivity index (χ4n) is 4.93. The number of nitrogens with zero attached hydrogens (tertiary/aromatic N) is 3. The quantitative estimate of drug-likeness (QED) is 0.575. The molecular weight excluding hydrogens is 396 g/mol. The minimum atomic E-state index is -0.556. The first-order valence-corrected chi connectivity index (χ1v) is 11.5. The Hall–Kier alpha value is -3.05. The van der Waals surface area contributed by atoms with Gasteiger partial charge in [-0.25, -0.2) is 9.97 Å². The molecule has 166 valence electrons. The van der Waals surface area contributed by atoms with Crippen molar-refractivity contribution in [2.75, 3.05) is 19.6 Å². The molecule has 0 radical (unpaired) electrons. The van der Waals surface area contributed by atoms with Gasteiger partial charge in [0.2, 0.25) is 5.91 Å². The average molecular weight is 429 g/mol. The summed E-state index contributed by atoms with van der Waals surface area (Å²) in [5, 5.41) is 0. The van der Waals surface area contributed by atoms with Gasteiger partial charge >= 0.3 is 0 Å². The van der Waals surface area contributed by atoms with Crippen LogP contribution >= 0.6 is 0 Å².